The highest BCUT2D eigenvalue weighted by Gasteiger charge is 2.36. The molecule has 0 aliphatic carbocycles. The molecule has 2 aliphatic rings. The summed E-state index contributed by atoms with van der Waals surface area (Å²) in [6.45, 7) is 6.27. The van der Waals surface area contributed by atoms with Gasteiger partial charge in [0.25, 0.3) is 0 Å². The predicted molar refractivity (Wildman–Crippen MR) is 188 cm³/mol. The molecule has 9 nitrogen and oxygen atoms in total. The number of nitrogens with one attached hydrogen (secondary N) is 1. The molecule has 0 unspecified atom stereocenters. The Balaban J connectivity index is 1.07. The van der Waals surface area contributed by atoms with Crippen LogP contribution in [0, 0.1) is 5.92 Å². The average molecular weight is 669 g/mol. The van der Waals surface area contributed by atoms with Crippen LogP contribution in [0.5, 0.6) is 0 Å². The highest BCUT2D eigenvalue weighted by molar-refractivity contribution is 6.30. The number of nitrogens with zero attached hydrogens (tertiary/aromatic N) is 5. The number of hydrogen-bond acceptors (Lipinski definition) is 6. The van der Waals surface area contributed by atoms with Gasteiger partial charge in [-0.25, -0.2) is 9.78 Å². The third-order valence-corrected chi connectivity index (χ3v) is 9.91. The van der Waals surface area contributed by atoms with E-state index in [2.05, 4.69) is 56.5 Å². The van der Waals surface area contributed by atoms with E-state index in [1.54, 1.807) is 0 Å². The lowest BCUT2D eigenvalue weighted by Crippen LogP contribution is -2.58. The summed E-state index contributed by atoms with van der Waals surface area (Å²) in [5.41, 5.74) is 4.53. The molecule has 1 N–H and O–H groups in total. The van der Waals surface area contributed by atoms with Crippen LogP contribution in [0.25, 0.3) is 11.1 Å². The molecule has 48 heavy (non-hydrogen) atoms. The van der Waals surface area contributed by atoms with Crippen molar-refractivity contribution in [2.75, 3.05) is 45.8 Å². The topological polar surface area (TPSA) is 82.9 Å². The first-order valence-corrected chi connectivity index (χ1v) is 17.3. The number of ether oxygens (including phenoxy) is 1. The van der Waals surface area contributed by atoms with Crippen LogP contribution in [0.1, 0.15) is 29.8 Å². The highest BCUT2D eigenvalue weighted by atomic mass is 35.5. The number of alkyl carbamates (subject to hydrolysis) is 1. The van der Waals surface area contributed by atoms with Gasteiger partial charge in [-0.2, -0.15) is 0 Å². The average Bonchev–Trinajstić information content (AvgIpc) is 3.53. The van der Waals surface area contributed by atoms with Crippen molar-refractivity contribution in [2.45, 2.75) is 38.5 Å². The number of rotatable bonds is 11. The maximum Gasteiger partial charge on any atom is 0.408 e. The first-order chi connectivity index (χ1) is 23.4. The molecule has 2 fully saturated rings. The number of carbonyl (C=O) groups is 2. The van der Waals surface area contributed by atoms with Gasteiger partial charge in [-0.05, 0) is 72.7 Å². The summed E-state index contributed by atoms with van der Waals surface area (Å²) in [6.07, 6.45) is 5.72. The second kappa shape index (κ2) is 16.3. The molecule has 252 valence electrons. The molecule has 10 heteroatoms. The Labute approximate surface area is 288 Å². The van der Waals surface area contributed by atoms with Gasteiger partial charge in [0.15, 0.2) is 0 Å². The van der Waals surface area contributed by atoms with Crippen LogP contribution in [-0.4, -0.2) is 88.1 Å². The normalized spacial score (nSPS) is 16.8. The van der Waals surface area contributed by atoms with Gasteiger partial charge in [0.05, 0.1) is 6.54 Å². The molecule has 3 aromatic carbocycles. The summed E-state index contributed by atoms with van der Waals surface area (Å²) < 4.78 is 7.61. The number of imidazole rings is 1. The van der Waals surface area contributed by atoms with Crippen molar-refractivity contribution < 1.29 is 14.3 Å². The second-order valence-electron chi connectivity index (χ2n) is 12.8. The molecule has 1 aromatic heterocycles. The smallest absolute Gasteiger partial charge is 0.408 e. The van der Waals surface area contributed by atoms with E-state index < -0.39 is 12.1 Å². The van der Waals surface area contributed by atoms with E-state index in [-0.39, 0.29) is 18.4 Å². The number of carbonyl (C=O) groups excluding carboxylic acids is 2. The van der Waals surface area contributed by atoms with Gasteiger partial charge >= 0.3 is 6.09 Å². The minimum atomic E-state index is -0.630. The minimum Gasteiger partial charge on any atom is -0.445 e. The van der Waals surface area contributed by atoms with E-state index >= 15 is 0 Å². The van der Waals surface area contributed by atoms with Gasteiger partial charge in [-0.3, -0.25) is 9.69 Å². The lowest BCUT2D eigenvalue weighted by Gasteiger charge is -2.40. The number of likely N-dealkylation sites (tertiary alicyclic amines) is 1. The number of amides is 2. The first-order valence-electron chi connectivity index (χ1n) is 16.9. The van der Waals surface area contributed by atoms with Crippen molar-refractivity contribution in [2.24, 2.45) is 13.0 Å². The zero-order chi connectivity index (χ0) is 33.3. The van der Waals surface area contributed by atoms with Crippen LogP contribution < -0.4 is 5.32 Å². The molecule has 2 saturated heterocycles. The van der Waals surface area contributed by atoms with Crippen LogP contribution in [0.4, 0.5) is 4.79 Å². The van der Waals surface area contributed by atoms with Crippen molar-refractivity contribution >= 4 is 23.6 Å². The Morgan fingerprint density at radius 3 is 2.31 bits per heavy atom. The van der Waals surface area contributed by atoms with E-state index in [1.165, 1.54) is 16.7 Å². The van der Waals surface area contributed by atoms with E-state index in [1.807, 2.05) is 71.4 Å². The monoisotopic (exact) mass is 668 g/mol. The fourth-order valence-corrected chi connectivity index (χ4v) is 7.00. The molecule has 2 amide bonds. The molecule has 0 saturated carbocycles. The molecule has 4 aromatic rings. The maximum atomic E-state index is 14.1. The molecular formula is C38H45ClN6O3. The van der Waals surface area contributed by atoms with Crippen LogP contribution in [-0.2, 0) is 36.2 Å². The predicted octanol–water partition coefficient (Wildman–Crippen LogP) is 5.63. The fraction of sp³-hybridized carbons (Fsp3) is 0.395. The van der Waals surface area contributed by atoms with Crippen molar-refractivity contribution in [3.63, 3.8) is 0 Å². The molecule has 0 spiro atoms. The second-order valence-corrected chi connectivity index (χ2v) is 13.3. The SMILES string of the molecule is Cn1ccnc1CN1CCN(C(=O)[C@H](NC(=O)OCc2ccccc2)C2CCN(CCc3cc(Cl)ccc3-c3ccccc3)CC2)CC1. The minimum absolute atomic E-state index is 0.0202. The molecule has 3 heterocycles. The number of piperazine rings is 1. The number of aromatic nitrogens is 2. The third kappa shape index (κ3) is 8.83. The lowest BCUT2D eigenvalue weighted by molar-refractivity contribution is -0.137. The zero-order valence-corrected chi connectivity index (χ0v) is 28.4. The standard InChI is InChI=1S/C38H45ClN6O3/c1-42-21-17-40-35(42)27-44-22-24-45(25-23-44)37(46)36(41-38(47)48-28-29-8-4-2-5-9-29)31-14-18-43(19-15-31)20-16-32-26-33(39)12-13-34(32)30-10-6-3-7-11-30/h2-13,17,21,26,31,36H,14-16,18-20,22-25,27-28H2,1H3,(H,41,47)/t36-/m1/s1. The molecule has 2 aliphatic heterocycles. The largest absolute Gasteiger partial charge is 0.445 e. The number of hydrogen-bond donors (Lipinski definition) is 1. The Morgan fingerprint density at radius 2 is 1.62 bits per heavy atom. The molecule has 0 bridgehead atoms. The number of benzene rings is 3. The van der Waals surface area contributed by atoms with Crippen LogP contribution in [0.2, 0.25) is 5.02 Å². The van der Waals surface area contributed by atoms with Crippen molar-refractivity contribution in [1.29, 1.82) is 0 Å². The van der Waals surface area contributed by atoms with Crippen molar-refractivity contribution in [3.05, 3.63) is 113 Å². The quantitative estimate of drug-likeness (QED) is 0.223. The van der Waals surface area contributed by atoms with Gasteiger partial charge in [-0.15, -0.1) is 0 Å². The van der Waals surface area contributed by atoms with E-state index in [9.17, 15) is 9.59 Å². The van der Waals surface area contributed by atoms with E-state index in [0.29, 0.717) is 13.1 Å². The van der Waals surface area contributed by atoms with E-state index in [4.69, 9.17) is 16.3 Å². The molecule has 6 rings (SSSR count). The van der Waals surface area contributed by atoms with Gasteiger partial charge in [0, 0.05) is 57.2 Å². The van der Waals surface area contributed by atoms with Crippen LogP contribution in [0.3, 0.4) is 0 Å². The molecular weight excluding hydrogens is 624 g/mol. The van der Waals surface area contributed by atoms with Gasteiger partial charge < -0.3 is 24.4 Å². The lowest BCUT2D eigenvalue weighted by atomic mass is 9.88. The van der Waals surface area contributed by atoms with Crippen LogP contribution in [0.15, 0.2) is 91.3 Å². The Bertz CT molecular complexity index is 1630. The zero-order valence-electron chi connectivity index (χ0n) is 27.6. The van der Waals surface area contributed by atoms with Gasteiger partial charge in [-0.1, -0.05) is 78.3 Å². The third-order valence-electron chi connectivity index (χ3n) is 9.68. The van der Waals surface area contributed by atoms with E-state index in [0.717, 1.165) is 74.9 Å². The van der Waals surface area contributed by atoms with Gasteiger partial charge in [0.2, 0.25) is 5.91 Å². The molecule has 1 atom stereocenters. The Hall–Kier alpha value is -4.18. The summed E-state index contributed by atoms with van der Waals surface area (Å²) in [4.78, 5) is 38.3. The summed E-state index contributed by atoms with van der Waals surface area (Å²) in [5, 5.41) is 3.74. The number of halogens is 1. The molecule has 0 radical (unpaired) electrons. The van der Waals surface area contributed by atoms with Gasteiger partial charge in [0.1, 0.15) is 18.5 Å². The summed E-state index contributed by atoms with van der Waals surface area (Å²) in [7, 11) is 2.00. The Morgan fingerprint density at radius 1 is 0.917 bits per heavy atom. The summed E-state index contributed by atoms with van der Waals surface area (Å²) in [5.74, 6) is 1.01. The fourth-order valence-electron chi connectivity index (χ4n) is 6.80. The number of piperidine rings is 1. The maximum absolute atomic E-state index is 14.1. The first kappa shape index (κ1) is 33.7. The summed E-state index contributed by atoms with van der Waals surface area (Å²) >= 11 is 6.42. The highest BCUT2D eigenvalue weighted by Crippen LogP contribution is 2.28. The summed E-state index contributed by atoms with van der Waals surface area (Å²) in [6, 6.07) is 25.5. The van der Waals surface area contributed by atoms with Crippen LogP contribution >= 0.6 is 11.6 Å². The number of aryl methyl sites for hydroxylation is 1. The Kier molecular flexibility index (Phi) is 11.4. The van der Waals surface area contributed by atoms with Crippen molar-refractivity contribution in [3.8, 4) is 11.1 Å². The van der Waals surface area contributed by atoms with Crippen molar-refractivity contribution in [1.82, 2.24) is 29.6 Å².